The van der Waals surface area contributed by atoms with Crippen LogP contribution in [0, 0.1) is 11.8 Å². The van der Waals surface area contributed by atoms with E-state index in [0.29, 0.717) is 28.9 Å². The minimum absolute atomic E-state index is 0.0395. The smallest absolute Gasteiger partial charge is 0.332 e. The van der Waals surface area contributed by atoms with Crippen molar-refractivity contribution in [2.45, 2.75) is 32.1 Å². The monoisotopic (exact) mass is 373 g/mol. The highest BCUT2D eigenvalue weighted by Crippen LogP contribution is 2.37. The topological polar surface area (TPSA) is 76.1 Å². The number of likely N-dealkylation sites (tertiary alicyclic amines) is 1. The Balaban J connectivity index is 1.80. The molecule has 0 aromatic heterocycles. The van der Waals surface area contributed by atoms with E-state index in [0.717, 1.165) is 13.1 Å². The first-order valence-electron chi connectivity index (χ1n) is 9.46. The summed E-state index contributed by atoms with van der Waals surface area (Å²) in [6, 6.07) is 5.24. The molecule has 2 fully saturated rings. The average Bonchev–Trinajstić information content (AvgIpc) is 3.11. The Kier molecular flexibility index (Phi) is 6.04. The molecule has 1 saturated carbocycles. The normalized spacial score (nSPS) is 22.3. The van der Waals surface area contributed by atoms with E-state index in [2.05, 4.69) is 0 Å². The van der Waals surface area contributed by atoms with Gasteiger partial charge in [0.2, 0.25) is 5.91 Å². The lowest BCUT2D eigenvalue weighted by molar-refractivity contribution is -0.136. The Bertz CT molecular complexity index is 706. The molecule has 1 aliphatic carbocycles. The SMILES string of the molecule is COc1cccc(OC)c1C=C(CC(=O)N1CC2CCCCC2C1)C(=O)O. The van der Waals surface area contributed by atoms with Gasteiger partial charge < -0.3 is 19.5 Å². The standard InChI is InChI=1S/C21H27NO5/c1-26-18-8-5-9-19(27-2)17(18)10-16(21(24)25)11-20(23)22-12-14-6-3-4-7-15(14)13-22/h5,8-10,14-15H,3-4,6-7,11-13H2,1-2H3,(H,24,25). The number of amides is 1. The third kappa shape index (κ3) is 4.26. The molecule has 2 atom stereocenters. The molecule has 1 heterocycles. The summed E-state index contributed by atoms with van der Waals surface area (Å²) < 4.78 is 10.6. The fourth-order valence-electron chi connectivity index (χ4n) is 4.27. The molecule has 27 heavy (non-hydrogen) atoms. The van der Waals surface area contributed by atoms with Gasteiger partial charge >= 0.3 is 5.97 Å². The first-order valence-corrected chi connectivity index (χ1v) is 9.46. The lowest BCUT2D eigenvalue weighted by atomic mass is 9.82. The third-order valence-corrected chi connectivity index (χ3v) is 5.73. The summed E-state index contributed by atoms with van der Waals surface area (Å²) in [5.74, 6) is 0.948. The largest absolute Gasteiger partial charge is 0.496 e. The fraction of sp³-hybridized carbons (Fsp3) is 0.524. The molecule has 1 N–H and O–H groups in total. The van der Waals surface area contributed by atoms with E-state index in [1.165, 1.54) is 46.0 Å². The van der Waals surface area contributed by atoms with Crippen LogP contribution < -0.4 is 9.47 Å². The van der Waals surface area contributed by atoms with Crippen LogP contribution in [0.5, 0.6) is 11.5 Å². The first-order chi connectivity index (χ1) is 13.0. The molecular formula is C21H27NO5. The molecule has 6 heteroatoms. The number of nitrogens with zero attached hydrogens (tertiary/aromatic N) is 1. The van der Waals surface area contributed by atoms with Crippen molar-refractivity contribution in [3.05, 3.63) is 29.3 Å². The van der Waals surface area contributed by atoms with Gasteiger partial charge in [0.15, 0.2) is 0 Å². The number of ether oxygens (including phenoxy) is 2. The lowest BCUT2D eigenvalue weighted by Gasteiger charge is -2.22. The van der Waals surface area contributed by atoms with Crippen LogP contribution in [-0.4, -0.2) is 49.2 Å². The van der Waals surface area contributed by atoms with E-state index in [-0.39, 0.29) is 17.9 Å². The average molecular weight is 373 g/mol. The quantitative estimate of drug-likeness (QED) is 0.775. The van der Waals surface area contributed by atoms with Crippen molar-refractivity contribution in [2.75, 3.05) is 27.3 Å². The number of carboxylic acids is 1. The van der Waals surface area contributed by atoms with Crippen LogP contribution in [0.1, 0.15) is 37.7 Å². The first kappa shape index (κ1) is 19.3. The molecule has 6 nitrogen and oxygen atoms in total. The van der Waals surface area contributed by atoms with Crippen LogP contribution in [0.4, 0.5) is 0 Å². The van der Waals surface area contributed by atoms with Crippen molar-refractivity contribution in [1.29, 1.82) is 0 Å². The molecule has 2 unspecified atom stereocenters. The number of carbonyl (C=O) groups is 2. The molecule has 1 aromatic rings. The summed E-state index contributed by atoms with van der Waals surface area (Å²) in [6.07, 6.45) is 6.17. The number of carboxylic acid groups (broad SMARTS) is 1. The van der Waals surface area contributed by atoms with Crippen LogP contribution in [0.3, 0.4) is 0 Å². The van der Waals surface area contributed by atoms with Crippen molar-refractivity contribution in [3.63, 3.8) is 0 Å². The lowest BCUT2D eigenvalue weighted by Crippen LogP contribution is -2.29. The number of fused-ring (bicyclic) bond motifs is 1. The zero-order chi connectivity index (χ0) is 19.4. The van der Waals surface area contributed by atoms with Crippen molar-refractivity contribution in [2.24, 2.45) is 11.8 Å². The van der Waals surface area contributed by atoms with Crippen LogP contribution in [0.15, 0.2) is 23.8 Å². The van der Waals surface area contributed by atoms with Gasteiger partial charge in [-0.05, 0) is 42.9 Å². The zero-order valence-electron chi connectivity index (χ0n) is 15.9. The van der Waals surface area contributed by atoms with Gasteiger partial charge in [-0.3, -0.25) is 4.79 Å². The molecular weight excluding hydrogens is 346 g/mol. The number of aliphatic carboxylic acids is 1. The highest BCUT2D eigenvalue weighted by molar-refractivity contribution is 5.99. The van der Waals surface area contributed by atoms with Gasteiger partial charge in [-0.15, -0.1) is 0 Å². The van der Waals surface area contributed by atoms with Crippen molar-refractivity contribution in [1.82, 2.24) is 4.90 Å². The van der Waals surface area contributed by atoms with Crippen LogP contribution >= 0.6 is 0 Å². The molecule has 0 spiro atoms. The number of hydrogen-bond donors (Lipinski definition) is 1. The zero-order valence-corrected chi connectivity index (χ0v) is 15.9. The molecule has 0 radical (unpaired) electrons. The van der Waals surface area contributed by atoms with Crippen molar-refractivity contribution < 1.29 is 24.2 Å². The van der Waals surface area contributed by atoms with Gasteiger partial charge in [0.1, 0.15) is 11.5 Å². The maximum atomic E-state index is 12.8. The van der Waals surface area contributed by atoms with E-state index in [1.54, 1.807) is 18.2 Å². The van der Waals surface area contributed by atoms with Gasteiger partial charge in [-0.25, -0.2) is 4.79 Å². The second kappa shape index (κ2) is 8.46. The van der Waals surface area contributed by atoms with Crippen LogP contribution in [-0.2, 0) is 9.59 Å². The summed E-state index contributed by atoms with van der Waals surface area (Å²) in [5.41, 5.74) is 0.570. The molecule has 3 rings (SSSR count). The summed E-state index contributed by atoms with van der Waals surface area (Å²) in [5, 5.41) is 9.64. The third-order valence-electron chi connectivity index (χ3n) is 5.73. The van der Waals surface area contributed by atoms with Gasteiger partial charge in [-0.1, -0.05) is 18.9 Å². The Morgan fingerprint density at radius 3 is 2.15 bits per heavy atom. The van der Waals surface area contributed by atoms with Crippen LogP contribution in [0.2, 0.25) is 0 Å². The van der Waals surface area contributed by atoms with Crippen LogP contribution in [0.25, 0.3) is 6.08 Å². The number of carbonyl (C=O) groups excluding carboxylic acids is 1. The number of hydrogen-bond acceptors (Lipinski definition) is 4. The summed E-state index contributed by atoms with van der Waals surface area (Å²) in [6.45, 7) is 1.52. The molecule has 1 amide bonds. The maximum absolute atomic E-state index is 12.8. The summed E-state index contributed by atoms with van der Waals surface area (Å²) >= 11 is 0. The Morgan fingerprint density at radius 1 is 1.11 bits per heavy atom. The van der Waals surface area contributed by atoms with Gasteiger partial charge in [0.25, 0.3) is 0 Å². The molecule has 0 bridgehead atoms. The Morgan fingerprint density at radius 2 is 1.67 bits per heavy atom. The van der Waals surface area contributed by atoms with Crippen molar-refractivity contribution in [3.8, 4) is 11.5 Å². The highest BCUT2D eigenvalue weighted by Gasteiger charge is 2.36. The maximum Gasteiger partial charge on any atom is 0.332 e. The minimum atomic E-state index is -1.10. The van der Waals surface area contributed by atoms with Gasteiger partial charge in [0.05, 0.1) is 26.2 Å². The molecule has 2 aliphatic rings. The predicted octanol–water partition coefficient (Wildman–Crippen LogP) is 3.21. The Hall–Kier alpha value is -2.50. The molecule has 1 saturated heterocycles. The Labute approximate surface area is 159 Å². The number of benzene rings is 1. The second-order valence-corrected chi connectivity index (χ2v) is 7.33. The van der Waals surface area contributed by atoms with E-state index < -0.39 is 5.97 Å². The molecule has 1 aliphatic heterocycles. The van der Waals surface area contributed by atoms with E-state index in [9.17, 15) is 14.7 Å². The minimum Gasteiger partial charge on any atom is -0.496 e. The van der Waals surface area contributed by atoms with Crippen molar-refractivity contribution >= 4 is 18.0 Å². The number of methoxy groups -OCH3 is 2. The highest BCUT2D eigenvalue weighted by atomic mass is 16.5. The van der Waals surface area contributed by atoms with E-state index in [4.69, 9.17) is 9.47 Å². The summed E-state index contributed by atoms with van der Waals surface area (Å²) in [4.78, 5) is 26.4. The fourth-order valence-corrected chi connectivity index (χ4v) is 4.27. The van der Waals surface area contributed by atoms with Gasteiger partial charge in [-0.2, -0.15) is 0 Å². The second-order valence-electron chi connectivity index (χ2n) is 7.33. The van der Waals surface area contributed by atoms with E-state index >= 15 is 0 Å². The van der Waals surface area contributed by atoms with E-state index in [1.807, 2.05) is 4.90 Å². The number of rotatable bonds is 6. The molecule has 146 valence electrons. The molecule has 1 aromatic carbocycles. The predicted molar refractivity (Wildman–Crippen MR) is 102 cm³/mol. The van der Waals surface area contributed by atoms with Gasteiger partial charge in [0, 0.05) is 18.7 Å². The summed E-state index contributed by atoms with van der Waals surface area (Å²) in [7, 11) is 3.04.